The van der Waals surface area contributed by atoms with Crippen LogP contribution in [0.3, 0.4) is 0 Å². The third kappa shape index (κ3) is 3.61. The van der Waals surface area contributed by atoms with Crippen LogP contribution in [0.25, 0.3) is 10.4 Å². The molecule has 1 saturated carbocycles. The van der Waals surface area contributed by atoms with Gasteiger partial charge in [-0.05, 0) is 43.7 Å². The molecular weight excluding hydrogens is 220 g/mol. The summed E-state index contributed by atoms with van der Waals surface area (Å²) in [6, 6.07) is 0. The number of rotatable bonds is 7. The van der Waals surface area contributed by atoms with E-state index in [9.17, 15) is 9.90 Å². The summed E-state index contributed by atoms with van der Waals surface area (Å²) in [4.78, 5) is 14.0. The van der Waals surface area contributed by atoms with Crippen molar-refractivity contribution in [2.75, 3.05) is 13.1 Å². The molecule has 17 heavy (non-hydrogen) atoms. The topological polar surface area (TPSA) is 98.1 Å². The first kappa shape index (κ1) is 13.8. The van der Waals surface area contributed by atoms with E-state index in [1.807, 2.05) is 0 Å². The average molecular weight is 240 g/mol. The summed E-state index contributed by atoms with van der Waals surface area (Å²) < 4.78 is 0. The van der Waals surface area contributed by atoms with Crippen LogP contribution >= 0.6 is 0 Å². The molecule has 96 valence electrons. The van der Waals surface area contributed by atoms with Crippen molar-refractivity contribution >= 4 is 5.97 Å². The van der Waals surface area contributed by atoms with Crippen LogP contribution in [0.4, 0.5) is 0 Å². The zero-order valence-electron chi connectivity index (χ0n) is 10.2. The second-order valence-electron chi connectivity index (χ2n) is 4.64. The Labute approximate surface area is 101 Å². The fourth-order valence-electron chi connectivity index (χ4n) is 2.45. The van der Waals surface area contributed by atoms with E-state index in [0.717, 1.165) is 12.8 Å². The normalized spacial score (nSPS) is 27.7. The molecule has 0 saturated heterocycles. The quantitative estimate of drug-likeness (QED) is 0.309. The molecule has 1 rings (SSSR count). The molecule has 0 aliphatic heterocycles. The number of azide groups is 1. The number of hydrogen-bond acceptors (Lipinski definition) is 3. The summed E-state index contributed by atoms with van der Waals surface area (Å²) in [6.07, 6.45) is 4.10. The highest BCUT2D eigenvalue weighted by molar-refractivity contribution is 5.79. The molecular formula is C11H20N4O2. The third-order valence-corrected chi connectivity index (χ3v) is 3.56. The molecule has 0 radical (unpaired) electrons. The Bertz CT molecular complexity index is 315. The SMILES string of the molecule is CCC1CCC(NCCCN=[N+]=[N-])(C(=O)O)C1. The van der Waals surface area contributed by atoms with Crippen LogP contribution in [-0.2, 0) is 4.79 Å². The lowest BCUT2D eigenvalue weighted by Gasteiger charge is -2.26. The Morgan fingerprint density at radius 2 is 2.47 bits per heavy atom. The van der Waals surface area contributed by atoms with E-state index < -0.39 is 11.5 Å². The summed E-state index contributed by atoms with van der Waals surface area (Å²) in [5.74, 6) is -0.243. The van der Waals surface area contributed by atoms with E-state index in [0.29, 0.717) is 38.3 Å². The molecule has 0 aromatic heterocycles. The van der Waals surface area contributed by atoms with E-state index >= 15 is 0 Å². The molecule has 0 aromatic rings. The van der Waals surface area contributed by atoms with Crippen LogP contribution in [-0.4, -0.2) is 29.7 Å². The predicted molar refractivity (Wildman–Crippen MR) is 64.6 cm³/mol. The van der Waals surface area contributed by atoms with Crippen molar-refractivity contribution in [2.45, 2.75) is 44.6 Å². The number of aliphatic carboxylic acids is 1. The van der Waals surface area contributed by atoms with E-state index in [-0.39, 0.29) is 0 Å². The molecule has 2 atom stereocenters. The highest BCUT2D eigenvalue weighted by atomic mass is 16.4. The number of nitrogens with zero attached hydrogens (tertiary/aromatic N) is 3. The Morgan fingerprint density at radius 3 is 3.00 bits per heavy atom. The van der Waals surface area contributed by atoms with Gasteiger partial charge in [0.05, 0.1) is 0 Å². The molecule has 6 nitrogen and oxygen atoms in total. The van der Waals surface area contributed by atoms with Crippen molar-refractivity contribution in [1.82, 2.24) is 5.32 Å². The number of hydrogen-bond donors (Lipinski definition) is 2. The minimum Gasteiger partial charge on any atom is -0.480 e. The van der Waals surface area contributed by atoms with Crippen molar-refractivity contribution in [3.05, 3.63) is 10.4 Å². The van der Waals surface area contributed by atoms with Crippen LogP contribution in [0.1, 0.15) is 39.0 Å². The minimum atomic E-state index is -0.753. The monoisotopic (exact) mass is 240 g/mol. The predicted octanol–water partition coefficient (Wildman–Crippen LogP) is 2.31. The van der Waals surface area contributed by atoms with Gasteiger partial charge in [-0.1, -0.05) is 18.5 Å². The van der Waals surface area contributed by atoms with Gasteiger partial charge in [-0.2, -0.15) is 0 Å². The first-order valence-electron chi connectivity index (χ1n) is 6.14. The van der Waals surface area contributed by atoms with E-state index in [4.69, 9.17) is 5.53 Å². The largest absolute Gasteiger partial charge is 0.480 e. The van der Waals surface area contributed by atoms with Crippen molar-refractivity contribution < 1.29 is 9.90 Å². The number of carbonyl (C=O) groups is 1. The molecule has 1 fully saturated rings. The summed E-state index contributed by atoms with van der Waals surface area (Å²) >= 11 is 0. The second-order valence-corrected chi connectivity index (χ2v) is 4.64. The Morgan fingerprint density at radius 1 is 1.71 bits per heavy atom. The van der Waals surface area contributed by atoms with Crippen molar-refractivity contribution in [3.8, 4) is 0 Å². The fraction of sp³-hybridized carbons (Fsp3) is 0.909. The van der Waals surface area contributed by atoms with Gasteiger partial charge in [0.25, 0.3) is 0 Å². The van der Waals surface area contributed by atoms with Gasteiger partial charge in [0.1, 0.15) is 5.54 Å². The molecule has 0 amide bonds. The van der Waals surface area contributed by atoms with Crippen molar-refractivity contribution in [1.29, 1.82) is 0 Å². The molecule has 2 unspecified atom stereocenters. The zero-order chi connectivity index (χ0) is 12.7. The van der Waals surface area contributed by atoms with E-state index in [1.54, 1.807) is 0 Å². The zero-order valence-corrected chi connectivity index (χ0v) is 10.2. The summed E-state index contributed by atoms with van der Waals surface area (Å²) in [5, 5.41) is 15.9. The van der Waals surface area contributed by atoms with Crippen LogP contribution in [0, 0.1) is 5.92 Å². The lowest BCUT2D eigenvalue weighted by atomic mass is 9.95. The Kier molecular flexibility index (Phi) is 5.25. The summed E-state index contributed by atoms with van der Waals surface area (Å²) in [6.45, 7) is 3.10. The number of carboxylic acids is 1. The highest BCUT2D eigenvalue weighted by Gasteiger charge is 2.44. The smallest absolute Gasteiger partial charge is 0.323 e. The van der Waals surface area contributed by atoms with Gasteiger partial charge in [-0.25, -0.2) is 0 Å². The number of nitrogens with one attached hydrogen (secondary N) is 1. The lowest BCUT2D eigenvalue weighted by molar-refractivity contribution is -0.144. The molecule has 0 heterocycles. The number of carboxylic acid groups (broad SMARTS) is 1. The van der Waals surface area contributed by atoms with Gasteiger partial charge < -0.3 is 10.4 Å². The van der Waals surface area contributed by atoms with Gasteiger partial charge in [-0.15, -0.1) is 0 Å². The van der Waals surface area contributed by atoms with Crippen LogP contribution in [0.2, 0.25) is 0 Å². The molecule has 0 spiro atoms. The Balaban J connectivity index is 2.44. The van der Waals surface area contributed by atoms with E-state index in [2.05, 4.69) is 22.3 Å². The van der Waals surface area contributed by atoms with Crippen LogP contribution in [0.5, 0.6) is 0 Å². The average Bonchev–Trinajstić information content (AvgIpc) is 2.74. The molecule has 2 N–H and O–H groups in total. The minimum absolute atomic E-state index is 0.413. The van der Waals surface area contributed by atoms with Crippen LogP contribution in [0.15, 0.2) is 5.11 Å². The first-order valence-corrected chi connectivity index (χ1v) is 6.14. The summed E-state index contributed by atoms with van der Waals surface area (Å²) in [5.41, 5.74) is 7.37. The van der Waals surface area contributed by atoms with Crippen molar-refractivity contribution in [2.24, 2.45) is 11.0 Å². The fourth-order valence-corrected chi connectivity index (χ4v) is 2.45. The first-order chi connectivity index (χ1) is 8.14. The van der Waals surface area contributed by atoms with Gasteiger partial charge in [-0.3, -0.25) is 4.79 Å². The molecule has 0 bridgehead atoms. The van der Waals surface area contributed by atoms with Crippen LogP contribution < -0.4 is 5.32 Å². The standard InChI is InChI=1S/C11H20N4O2/c1-2-9-4-5-11(8-9,10(16)17)13-6-3-7-14-15-12/h9,13H,2-8H2,1H3,(H,16,17). The van der Waals surface area contributed by atoms with Gasteiger partial charge in [0.2, 0.25) is 0 Å². The highest BCUT2D eigenvalue weighted by Crippen LogP contribution is 2.36. The second kappa shape index (κ2) is 6.47. The molecule has 1 aliphatic rings. The van der Waals surface area contributed by atoms with E-state index in [1.165, 1.54) is 0 Å². The molecule has 0 aromatic carbocycles. The molecule has 1 aliphatic carbocycles. The van der Waals surface area contributed by atoms with Gasteiger partial charge in [0, 0.05) is 11.5 Å². The lowest BCUT2D eigenvalue weighted by Crippen LogP contribution is -2.50. The van der Waals surface area contributed by atoms with Crippen molar-refractivity contribution in [3.63, 3.8) is 0 Å². The molecule has 6 heteroatoms. The van der Waals surface area contributed by atoms with Gasteiger partial charge in [0.15, 0.2) is 0 Å². The third-order valence-electron chi connectivity index (χ3n) is 3.56. The Hall–Kier alpha value is -1.26. The summed E-state index contributed by atoms with van der Waals surface area (Å²) in [7, 11) is 0. The van der Waals surface area contributed by atoms with Gasteiger partial charge >= 0.3 is 5.97 Å². The maximum atomic E-state index is 11.4. The maximum absolute atomic E-state index is 11.4. The maximum Gasteiger partial charge on any atom is 0.323 e.